The van der Waals surface area contributed by atoms with Crippen LogP contribution in [0.4, 0.5) is 5.69 Å². The fourth-order valence-electron chi connectivity index (χ4n) is 2.42. The lowest BCUT2D eigenvalue weighted by atomic mass is 10.1. The van der Waals surface area contributed by atoms with Gasteiger partial charge in [-0.25, -0.2) is 0 Å². The first-order valence-electron chi connectivity index (χ1n) is 7.95. The summed E-state index contributed by atoms with van der Waals surface area (Å²) in [6.07, 6.45) is 2.01. The molecule has 0 saturated carbocycles. The minimum absolute atomic E-state index is 0.0529. The third kappa shape index (κ3) is 4.21. The fourth-order valence-corrected chi connectivity index (χ4v) is 2.42. The highest BCUT2D eigenvalue weighted by molar-refractivity contribution is 6.05. The topological polar surface area (TPSA) is 104 Å². The number of anilines is 1. The van der Waals surface area contributed by atoms with Crippen LogP contribution in [-0.2, 0) is 20.7 Å². The Kier molecular flexibility index (Phi) is 5.21. The first-order valence-corrected chi connectivity index (χ1v) is 7.95. The van der Waals surface area contributed by atoms with E-state index in [9.17, 15) is 14.4 Å². The lowest BCUT2D eigenvalue weighted by Crippen LogP contribution is -2.22. The van der Waals surface area contributed by atoms with Crippen molar-refractivity contribution in [2.45, 2.75) is 19.8 Å². The number of hydrogen-bond acceptors (Lipinski definition) is 7. The first kappa shape index (κ1) is 17.5. The second-order valence-electron chi connectivity index (χ2n) is 5.60. The van der Waals surface area contributed by atoms with Crippen molar-refractivity contribution in [2.75, 3.05) is 18.7 Å². The van der Waals surface area contributed by atoms with Crippen LogP contribution in [0.25, 0.3) is 0 Å². The van der Waals surface area contributed by atoms with E-state index in [0.717, 1.165) is 0 Å². The second-order valence-corrected chi connectivity index (χ2v) is 5.60. The molecule has 1 aliphatic rings. The number of aryl methyl sites for hydroxylation is 1. The number of hydrogen-bond donors (Lipinski definition) is 1. The van der Waals surface area contributed by atoms with E-state index in [2.05, 4.69) is 5.32 Å². The number of carbonyl (C=O) groups is 3. The molecule has 0 atom stereocenters. The van der Waals surface area contributed by atoms with E-state index in [0.29, 0.717) is 23.7 Å². The van der Waals surface area contributed by atoms with Gasteiger partial charge in [-0.2, -0.15) is 0 Å². The average Bonchev–Trinajstić information content (AvgIpc) is 3.28. The van der Waals surface area contributed by atoms with Crippen molar-refractivity contribution in [3.05, 3.63) is 41.9 Å². The zero-order valence-corrected chi connectivity index (χ0v) is 14.1. The summed E-state index contributed by atoms with van der Waals surface area (Å²) in [4.78, 5) is 35.5. The van der Waals surface area contributed by atoms with Crippen LogP contribution in [0.3, 0.4) is 0 Å². The molecular weight excluding hydrogens is 342 g/mol. The molecule has 8 heteroatoms. The van der Waals surface area contributed by atoms with Crippen LogP contribution in [-0.4, -0.2) is 31.1 Å². The van der Waals surface area contributed by atoms with Crippen molar-refractivity contribution in [2.24, 2.45) is 0 Å². The number of carbonyl (C=O) groups excluding carboxylic acids is 3. The SMILES string of the molecule is CC(=O)c1cc2c(cc1NC(=O)COC(=O)CCc1ccco1)OCO2. The molecule has 0 radical (unpaired) electrons. The van der Waals surface area contributed by atoms with Crippen molar-refractivity contribution < 1.29 is 33.0 Å². The molecule has 0 aliphatic carbocycles. The lowest BCUT2D eigenvalue weighted by Gasteiger charge is -2.11. The molecule has 2 aromatic rings. The molecule has 0 fully saturated rings. The summed E-state index contributed by atoms with van der Waals surface area (Å²) >= 11 is 0. The van der Waals surface area contributed by atoms with Crippen molar-refractivity contribution in [1.82, 2.24) is 0 Å². The van der Waals surface area contributed by atoms with Gasteiger partial charge in [0, 0.05) is 18.1 Å². The van der Waals surface area contributed by atoms with Crippen LogP contribution in [0.15, 0.2) is 34.9 Å². The maximum atomic E-state index is 12.0. The molecule has 2 heterocycles. The fraction of sp³-hybridized carbons (Fsp3) is 0.278. The van der Waals surface area contributed by atoms with Gasteiger partial charge in [0.05, 0.1) is 18.4 Å². The zero-order chi connectivity index (χ0) is 18.5. The highest BCUT2D eigenvalue weighted by atomic mass is 16.7. The van der Waals surface area contributed by atoms with Gasteiger partial charge in [0.15, 0.2) is 23.9 Å². The monoisotopic (exact) mass is 359 g/mol. The zero-order valence-electron chi connectivity index (χ0n) is 14.1. The molecule has 0 unspecified atom stereocenters. The minimum Gasteiger partial charge on any atom is -0.469 e. The highest BCUT2D eigenvalue weighted by Crippen LogP contribution is 2.37. The first-order chi connectivity index (χ1) is 12.5. The molecular formula is C18H17NO7. The molecule has 136 valence electrons. The van der Waals surface area contributed by atoms with Gasteiger partial charge < -0.3 is 23.9 Å². The molecule has 1 aliphatic heterocycles. The summed E-state index contributed by atoms with van der Waals surface area (Å²) in [5.41, 5.74) is 0.560. The molecule has 0 bridgehead atoms. The van der Waals surface area contributed by atoms with Crippen molar-refractivity contribution in [1.29, 1.82) is 0 Å². The number of ketones is 1. The predicted octanol–water partition coefficient (Wildman–Crippen LogP) is 2.33. The number of Topliss-reactive ketones (excluding diaryl/α,β-unsaturated/α-hetero) is 1. The Morgan fingerprint density at radius 2 is 1.96 bits per heavy atom. The number of rotatable bonds is 7. The number of nitrogens with one attached hydrogen (secondary N) is 1. The Balaban J connectivity index is 1.54. The summed E-state index contributed by atoms with van der Waals surface area (Å²) in [5, 5.41) is 2.56. The van der Waals surface area contributed by atoms with E-state index >= 15 is 0 Å². The van der Waals surface area contributed by atoms with E-state index in [4.69, 9.17) is 18.6 Å². The highest BCUT2D eigenvalue weighted by Gasteiger charge is 2.20. The number of fused-ring (bicyclic) bond motifs is 1. The molecule has 1 aromatic carbocycles. The van der Waals surface area contributed by atoms with Gasteiger partial charge in [-0.1, -0.05) is 0 Å². The van der Waals surface area contributed by atoms with Gasteiger partial charge >= 0.3 is 5.97 Å². The third-order valence-electron chi connectivity index (χ3n) is 3.69. The molecule has 0 saturated heterocycles. The van der Waals surface area contributed by atoms with E-state index < -0.39 is 18.5 Å². The minimum atomic E-state index is -0.558. The van der Waals surface area contributed by atoms with E-state index in [1.54, 1.807) is 12.1 Å². The Bertz CT molecular complexity index is 826. The molecule has 26 heavy (non-hydrogen) atoms. The van der Waals surface area contributed by atoms with Gasteiger partial charge in [-0.15, -0.1) is 0 Å². The number of esters is 1. The molecule has 8 nitrogen and oxygen atoms in total. The van der Waals surface area contributed by atoms with E-state index in [-0.39, 0.29) is 30.2 Å². The summed E-state index contributed by atoms with van der Waals surface area (Å²) in [6.45, 7) is 0.974. The summed E-state index contributed by atoms with van der Waals surface area (Å²) in [5.74, 6) is 0.219. The standard InChI is InChI=1S/C18H17NO7/c1-11(20)13-7-15-16(26-10-25-15)8-14(13)19-17(21)9-24-18(22)5-4-12-3-2-6-23-12/h2-3,6-8H,4-5,9-10H2,1H3,(H,19,21). The Morgan fingerprint density at radius 1 is 1.19 bits per heavy atom. The molecule has 3 rings (SSSR count). The van der Waals surface area contributed by atoms with Crippen LogP contribution < -0.4 is 14.8 Å². The van der Waals surface area contributed by atoms with Crippen LogP contribution in [0.5, 0.6) is 11.5 Å². The maximum Gasteiger partial charge on any atom is 0.306 e. The van der Waals surface area contributed by atoms with Gasteiger partial charge in [0.1, 0.15) is 5.76 Å². The van der Waals surface area contributed by atoms with E-state index in [1.165, 1.54) is 25.3 Å². The number of ether oxygens (including phenoxy) is 3. The number of benzene rings is 1. The third-order valence-corrected chi connectivity index (χ3v) is 3.69. The van der Waals surface area contributed by atoms with E-state index in [1.807, 2.05) is 0 Å². The molecule has 0 spiro atoms. The average molecular weight is 359 g/mol. The van der Waals surface area contributed by atoms with Crippen molar-refractivity contribution in [3.63, 3.8) is 0 Å². The van der Waals surface area contributed by atoms with Gasteiger partial charge in [-0.05, 0) is 25.1 Å². The van der Waals surface area contributed by atoms with Gasteiger partial charge in [0.2, 0.25) is 6.79 Å². The predicted molar refractivity (Wildman–Crippen MR) is 89.2 cm³/mol. The molecule has 1 aromatic heterocycles. The Morgan fingerprint density at radius 3 is 2.65 bits per heavy atom. The maximum absolute atomic E-state index is 12.0. The Hall–Kier alpha value is -3.29. The Labute approximate surface area is 149 Å². The number of furan rings is 1. The smallest absolute Gasteiger partial charge is 0.306 e. The summed E-state index contributed by atoms with van der Waals surface area (Å²) < 4.78 is 20.5. The van der Waals surface area contributed by atoms with Crippen molar-refractivity contribution in [3.8, 4) is 11.5 Å². The van der Waals surface area contributed by atoms with Gasteiger partial charge in [0.25, 0.3) is 5.91 Å². The van der Waals surface area contributed by atoms with Crippen LogP contribution in [0.1, 0.15) is 29.5 Å². The normalized spacial score (nSPS) is 11.9. The van der Waals surface area contributed by atoms with Crippen LogP contribution in [0, 0.1) is 0 Å². The van der Waals surface area contributed by atoms with Gasteiger partial charge in [-0.3, -0.25) is 14.4 Å². The number of amides is 1. The quantitative estimate of drug-likeness (QED) is 0.597. The van der Waals surface area contributed by atoms with Crippen LogP contribution >= 0.6 is 0 Å². The van der Waals surface area contributed by atoms with Crippen LogP contribution in [0.2, 0.25) is 0 Å². The second kappa shape index (κ2) is 7.73. The molecule has 1 N–H and O–H groups in total. The molecule has 1 amide bonds. The lowest BCUT2D eigenvalue weighted by molar-refractivity contribution is -0.147. The van der Waals surface area contributed by atoms with Crippen molar-refractivity contribution >= 4 is 23.3 Å². The largest absolute Gasteiger partial charge is 0.469 e. The summed E-state index contributed by atoms with van der Waals surface area (Å²) in [6, 6.07) is 6.50. The summed E-state index contributed by atoms with van der Waals surface area (Å²) in [7, 11) is 0.